The Morgan fingerprint density at radius 1 is 1.13 bits per heavy atom. The van der Waals surface area contributed by atoms with Crippen molar-refractivity contribution in [1.82, 2.24) is 4.90 Å². The standard InChI is InChI=1S/C22H23N3O6/c1-13-6-8-14(9-7-13)23-18-15(21(28)29)4-3-5-17(18)24-19-16(22(30)31-2)12-25(10-11-26)20(19)27/h3-9,23-24,26H,10-12H2,1-2H3,(H,28,29). The molecule has 0 aromatic heterocycles. The van der Waals surface area contributed by atoms with Crippen LogP contribution in [0, 0.1) is 6.92 Å². The van der Waals surface area contributed by atoms with Gasteiger partial charge in [-0.2, -0.15) is 0 Å². The molecule has 1 aliphatic rings. The van der Waals surface area contributed by atoms with E-state index < -0.39 is 17.8 Å². The quantitative estimate of drug-likeness (QED) is 0.474. The molecule has 0 spiro atoms. The third kappa shape index (κ3) is 4.67. The number of aliphatic hydroxyl groups excluding tert-OH is 1. The number of carbonyl (C=O) groups excluding carboxylic acids is 2. The van der Waals surface area contributed by atoms with Crippen molar-refractivity contribution in [2.75, 3.05) is 37.4 Å². The van der Waals surface area contributed by atoms with Crippen LogP contribution in [0.3, 0.4) is 0 Å². The van der Waals surface area contributed by atoms with Gasteiger partial charge in [-0.25, -0.2) is 9.59 Å². The Morgan fingerprint density at radius 2 is 1.84 bits per heavy atom. The van der Waals surface area contributed by atoms with Crippen molar-refractivity contribution in [1.29, 1.82) is 0 Å². The molecular formula is C22H23N3O6. The summed E-state index contributed by atoms with van der Waals surface area (Å²) < 4.78 is 4.79. The third-order valence-electron chi connectivity index (χ3n) is 4.83. The predicted molar refractivity (Wildman–Crippen MR) is 114 cm³/mol. The van der Waals surface area contributed by atoms with Crippen LogP contribution in [-0.4, -0.2) is 59.8 Å². The Hall–Kier alpha value is -3.85. The number of ether oxygens (including phenoxy) is 1. The van der Waals surface area contributed by atoms with Crippen LogP contribution in [0.25, 0.3) is 0 Å². The highest BCUT2D eigenvalue weighted by molar-refractivity contribution is 6.09. The SMILES string of the molecule is COC(=O)C1=C(Nc2cccc(C(=O)O)c2Nc2ccc(C)cc2)C(=O)N(CCO)C1. The molecule has 1 amide bonds. The molecule has 3 rings (SSSR count). The molecule has 0 atom stereocenters. The Kier molecular flexibility index (Phi) is 6.56. The summed E-state index contributed by atoms with van der Waals surface area (Å²) in [6, 6.07) is 11.9. The average molecular weight is 425 g/mol. The van der Waals surface area contributed by atoms with Crippen LogP contribution < -0.4 is 10.6 Å². The zero-order valence-electron chi connectivity index (χ0n) is 17.1. The second-order valence-corrected chi connectivity index (χ2v) is 6.94. The molecule has 162 valence electrons. The number of nitrogens with zero attached hydrogens (tertiary/aromatic N) is 1. The molecule has 31 heavy (non-hydrogen) atoms. The molecule has 0 fully saturated rings. The number of hydrogen-bond donors (Lipinski definition) is 4. The highest BCUT2D eigenvalue weighted by Crippen LogP contribution is 2.33. The van der Waals surface area contributed by atoms with Gasteiger partial charge >= 0.3 is 11.9 Å². The van der Waals surface area contributed by atoms with Crippen LogP contribution >= 0.6 is 0 Å². The van der Waals surface area contributed by atoms with E-state index in [9.17, 15) is 24.6 Å². The number of carbonyl (C=O) groups is 3. The number of nitrogens with one attached hydrogen (secondary N) is 2. The van der Waals surface area contributed by atoms with Crippen LogP contribution in [0.15, 0.2) is 53.7 Å². The number of amides is 1. The van der Waals surface area contributed by atoms with Gasteiger partial charge in [0.15, 0.2) is 0 Å². The van der Waals surface area contributed by atoms with Gasteiger partial charge in [0.2, 0.25) is 0 Å². The summed E-state index contributed by atoms with van der Waals surface area (Å²) in [5.74, 6) is -2.32. The summed E-state index contributed by atoms with van der Waals surface area (Å²) in [5, 5.41) is 24.9. The molecule has 2 aromatic carbocycles. The first-order valence-electron chi connectivity index (χ1n) is 9.54. The van der Waals surface area contributed by atoms with Crippen molar-refractivity contribution >= 4 is 34.9 Å². The molecule has 2 aromatic rings. The zero-order valence-corrected chi connectivity index (χ0v) is 17.1. The first-order valence-corrected chi connectivity index (χ1v) is 9.54. The largest absolute Gasteiger partial charge is 0.478 e. The van der Waals surface area contributed by atoms with E-state index in [4.69, 9.17) is 4.74 Å². The van der Waals surface area contributed by atoms with Gasteiger partial charge in [-0.3, -0.25) is 4.79 Å². The van der Waals surface area contributed by atoms with E-state index in [-0.39, 0.29) is 42.2 Å². The van der Waals surface area contributed by atoms with Crippen molar-refractivity contribution in [3.8, 4) is 0 Å². The number of hydrogen-bond acceptors (Lipinski definition) is 7. The number of para-hydroxylation sites is 1. The number of carboxylic acid groups (broad SMARTS) is 1. The van der Waals surface area contributed by atoms with Crippen molar-refractivity contribution < 1.29 is 29.3 Å². The number of benzene rings is 2. The fourth-order valence-electron chi connectivity index (χ4n) is 3.23. The molecule has 1 aliphatic heterocycles. The van der Waals surface area contributed by atoms with Gasteiger partial charge in [0.1, 0.15) is 5.70 Å². The summed E-state index contributed by atoms with van der Waals surface area (Å²) in [4.78, 5) is 38.2. The lowest BCUT2D eigenvalue weighted by molar-refractivity contribution is -0.136. The summed E-state index contributed by atoms with van der Waals surface area (Å²) in [5.41, 5.74) is 2.31. The summed E-state index contributed by atoms with van der Waals surface area (Å²) in [6.45, 7) is 1.71. The van der Waals surface area contributed by atoms with Gasteiger partial charge in [-0.1, -0.05) is 23.8 Å². The molecule has 0 unspecified atom stereocenters. The smallest absolute Gasteiger partial charge is 0.337 e. The van der Waals surface area contributed by atoms with Crippen LogP contribution in [0.5, 0.6) is 0 Å². The summed E-state index contributed by atoms with van der Waals surface area (Å²) >= 11 is 0. The van der Waals surface area contributed by atoms with Crippen LogP contribution in [0.2, 0.25) is 0 Å². The van der Waals surface area contributed by atoms with Crippen LogP contribution in [-0.2, 0) is 14.3 Å². The molecule has 0 aliphatic carbocycles. The van der Waals surface area contributed by atoms with Crippen molar-refractivity contribution in [2.24, 2.45) is 0 Å². The first-order chi connectivity index (χ1) is 14.8. The highest BCUT2D eigenvalue weighted by atomic mass is 16.5. The van der Waals surface area contributed by atoms with Gasteiger partial charge < -0.3 is 30.5 Å². The number of anilines is 3. The third-order valence-corrected chi connectivity index (χ3v) is 4.83. The number of rotatable bonds is 8. The molecule has 9 nitrogen and oxygen atoms in total. The van der Waals surface area contributed by atoms with Gasteiger partial charge in [0.05, 0.1) is 42.8 Å². The number of aliphatic hydroxyl groups is 1. The van der Waals surface area contributed by atoms with E-state index in [0.717, 1.165) is 5.56 Å². The molecular weight excluding hydrogens is 402 g/mol. The van der Waals surface area contributed by atoms with Crippen LogP contribution in [0.1, 0.15) is 15.9 Å². The number of aryl methyl sites for hydroxylation is 1. The van der Waals surface area contributed by atoms with Crippen molar-refractivity contribution in [2.45, 2.75) is 6.92 Å². The lowest BCUT2D eigenvalue weighted by Gasteiger charge is -2.18. The Labute approximate surface area is 178 Å². The number of carboxylic acids is 1. The summed E-state index contributed by atoms with van der Waals surface area (Å²) in [7, 11) is 1.21. The van der Waals surface area contributed by atoms with Gasteiger partial charge in [-0.15, -0.1) is 0 Å². The summed E-state index contributed by atoms with van der Waals surface area (Å²) in [6.07, 6.45) is 0. The Morgan fingerprint density at radius 3 is 2.45 bits per heavy atom. The van der Waals surface area contributed by atoms with E-state index in [0.29, 0.717) is 11.4 Å². The second kappa shape index (κ2) is 9.31. The maximum Gasteiger partial charge on any atom is 0.337 e. The normalized spacial score (nSPS) is 13.4. The minimum absolute atomic E-state index is 0.0107. The van der Waals surface area contributed by atoms with Gasteiger partial charge in [0.25, 0.3) is 5.91 Å². The molecule has 0 saturated heterocycles. The second-order valence-electron chi connectivity index (χ2n) is 6.94. The lowest BCUT2D eigenvalue weighted by atomic mass is 10.1. The monoisotopic (exact) mass is 425 g/mol. The van der Waals surface area contributed by atoms with E-state index in [1.165, 1.54) is 24.1 Å². The molecule has 0 radical (unpaired) electrons. The Bertz CT molecular complexity index is 1050. The maximum absolute atomic E-state index is 12.8. The van der Waals surface area contributed by atoms with Gasteiger partial charge in [0, 0.05) is 12.2 Å². The minimum Gasteiger partial charge on any atom is -0.478 e. The van der Waals surface area contributed by atoms with E-state index >= 15 is 0 Å². The number of β-amino-alcohol motifs (C(OH)–C–C–N with tert-alkyl or cyclic N) is 1. The number of aromatic carboxylic acids is 1. The highest BCUT2D eigenvalue weighted by Gasteiger charge is 2.35. The zero-order chi connectivity index (χ0) is 22.5. The van der Waals surface area contributed by atoms with Crippen LogP contribution in [0.4, 0.5) is 17.1 Å². The minimum atomic E-state index is -1.15. The first kappa shape index (κ1) is 21.8. The fraction of sp³-hybridized carbons (Fsp3) is 0.227. The maximum atomic E-state index is 12.8. The average Bonchev–Trinajstić information content (AvgIpc) is 3.06. The lowest BCUT2D eigenvalue weighted by Crippen LogP contribution is -2.31. The van der Waals surface area contributed by atoms with Crippen molar-refractivity contribution in [3.63, 3.8) is 0 Å². The van der Waals surface area contributed by atoms with E-state index in [1.807, 2.05) is 19.1 Å². The topological polar surface area (TPSA) is 128 Å². The molecule has 0 bridgehead atoms. The fourth-order valence-corrected chi connectivity index (χ4v) is 3.23. The molecule has 1 heterocycles. The van der Waals surface area contributed by atoms with E-state index in [2.05, 4.69) is 10.6 Å². The van der Waals surface area contributed by atoms with Gasteiger partial charge in [-0.05, 0) is 31.2 Å². The Balaban J connectivity index is 2.04. The van der Waals surface area contributed by atoms with Crippen molar-refractivity contribution in [3.05, 3.63) is 64.9 Å². The molecule has 4 N–H and O–H groups in total. The predicted octanol–water partition coefficient (Wildman–Crippen LogP) is 2.11. The molecule has 0 saturated carbocycles. The molecule has 9 heteroatoms. The number of esters is 1. The van der Waals surface area contributed by atoms with E-state index in [1.54, 1.807) is 18.2 Å². The number of methoxy groups -OCH3 is 1.